The summed E-state index contributed by atoms with van der Waals surface area (Å²) < 4.78 is 32.3. The lowest BCUT2D eigenvalue weighted by Crippen LogP contribution is -2.43. The van der Waals surface area contributed by atoms with Crippen molar-refractivity contribution in [2.45, 2.75) is 37.5 Å². The highest BCUT2D eigenvalue weighted by Crippen LogP contribution is 2.31. The lowest BCUT2D eigenvalue weighted by molar-refractivity contribution is -0.126. The first-order chi connectivity index (χ1) is 11.9. The fourth-order valence-corrected chi connectivity index (χ4v) is 4.77. The van der Waals surface area contributed by atoms with Crippen molar-refractivity contribution in [1.82, 2.24) is 9.62 Å². The lowest BCUT2D eigenvalue weighted by atomic mass is 9.97. The van der Waals surface area contributed by atoms with Crippen LogP contribution in [0.15, 0.2) is 23.1 Å². The summed E-state index contributed by atoms with van der Waals surface area (Å²) in [7, 11) is -2.28. The van der Waals surface area contributed by atoms with Crippen molar-refractivity contribution < 1.29 is 17.9 Å². The standard InChI is InChI=1S/C17H25ClN2O4S/c1-3-4-9-19-17(21)13-7-10-20(11-8-13)25(22,23)16-12-14(18)5-6-15(16)24-2/h5-6,12-13H,3-4,7-11H2,1-2H3,(H,19,21). The number of hydrogen-bond acceptors (Lipinski definition) is 4. The summed E-state index contributed by atoms with van der Waals surface area (Å²) in [5.41, 5.74) is 0. The number of carbonyl (C=O) groups is 1. The summed E-state index contributed by atoms with van der Waals surface area (Å²) >= 11 is 5.95. The van der Waals surface area contributed by atoms with Gasteiger partial charge >= 0.3 is 0 Å². The molecule has 6 nitrogen and oxygen atoms in total. The number of sulfonamides is 1. The third-order valence-corrected chi connectivity index (χ3v) is 6.55. The van der Waals surface area contributed by atoms with Gasteiger partial charge in [-0.2, -0.15) is 4.31 Å². The maximum atomic E-state index is 12.9. The van der Waals surface area contributed by atoms with Crippen LogP contribution in [0.25, 0.3) is 0 Å². The van der Waals surface area contributed by atoms with E-state index in [4.69, 9.17) is 16.3 Å². The van der Waals surface area contributed by atoms with Crippen molar-refractivity contribution in [2.24, 2.45) is 5.92 Å². The molecule has 0 bridgehead atoms. The highest BCUT2D eigenvalue weighted by Gasteiger charge is 2.33. The normalized spacial score (nSPS) is 16.6. The quantitative estimate of drug-likeness (QED) is 0.728. The average Bonchev–Trinajstić information content (AvgIpc) is 2.62. The van der Waals surface area contributed by atoms with E-state index in [-0.39, 0.29) is 22.5 Å². The summed E-state index contributed by atoms with van der Waals surface area (Å²) in [5.74, 6) is 0.152. The van der Waals surface area contributed by atoms with Crippen molar-refractivity contribution in [3.63, 3.8) is 0 Å². The van der Waals surface area contributed by atoms with Crippen LogP contribution >= 0.6 is 11.6 Å². The number of halogens is 1. The van der Waals surface area contributed by atoms with Gasteiger partial charge in [0.15, 0.2) is 0 Å². The minimum absolute atomic E-state index is 0.0193. The van der Waals surface area contributed by atoms with Crippen LogP contribution in [0.4, 0.5) is 0 Å². The number of carbonyl (C=O) groups excluding carboxylic acids is 1. The molecule has 2 rings (SSSR count). The van der Waals surface area contributed by atoms with E-state index in [1.165, 1.54) is 17.5 Å². The van der Waals surface area contributed by atoms with E-state index in [1.807, 2.05) is 0 Å². The molecule has 1 aromatic carbocycles. The topological polar surface area (TPSA) is 75.7 Å². The van der Waals surface area contributed by atoms with Gasteiger partial charge in [0.2, 0.25) is 15.9 Å². The number of amides is 1. The Balaban J connectivity index is 2.04. The van der Waals surface area contributed by atoms with Crippen molar-refractivity contribution in [3.05, 3.63) is 23.2 Å². The molecule has 1 aliphatic heterocycles. The second-order valence-corrected chi connectivity index (χ2v) is 8.46. The van der Waals surface area contributed by atoms with E-state index in [9.17, 15) is 13.2 Å². The number of piperidine rings is 1. The van der Waals surface area contributed by atoms with Crippen molar-refractivity contribution in [1.29, 1.82) is 0 Å². The average molecular weight is 389 g/mol. The zero-order valence-corrected chi connectivity index (χ0v) is 16.2. The van der Waals surface area contributed by atoms with E-state index < -0.39 is 10.0 Å². The highest BCUT2D eigenvalue weighted by atomic mass is 35.5. The molecule has 0 saturated carbocycles. The fourth-order valence-electron chi connectivity index (χ4n) is 2.88. The first kappa shape index (κ1) is 20.0. The van der Waals surface area contributed by atoms with Gasteiger partial charge in [-0.1, -0.05) is 24.9 Å². The molecule has 0 aliphatic carbocycles. The molecule has 1 aliphatic rings. The van der Waals surface area contributed by atoms with Crippen LogP contribution in [-0.4, -0.2) is 45.4 Å². The zero-order valence-electron chi connectivity index (χ0n) is 14.6. The molecule has 8 heteroatoms. The van der Waals surface area contributed by atoms with Gasteiger partial charge in [0.05, 0.1) is 7.11 Å². The molecule has 1 N–H and O–H groups in total. The molecule has 0 spiro atoms. The predicted octanol–water partition coefficient (Wildman–Crippen LogP) is 2.67. The third-order valence-electron chi connectivity index (χ3n) is 4.40. The Morgan fingerprint density at radius 2 is 2.04 bits per heavy atom. The zero-order chi connectivity index (χ0) is 18.4. The van der Waals surface area contributed by atoms with E-state index >= 15 is 0 Å². The highest BCUT2D eigenvalue weighted by molar-refractivity contribution is 7.89. The van der Waals surface area contributed by atoms with Crippen LogP contribution in [-0.2, 0) is 14.8 Å². The number of nitrogens with zero attached hydrogens (tertiary/aromatic N) is 1. The van der Waals surface area contributed by atoms with Gasteiger partial charge in [0.1, 0.15) is 10.6 Å². The Morgan fingerprint density at radius 3 is 2.64 bits per heavy atom. The Kier molecular flexibility index (Phi) is 7.10. The Labute approximate surface area is 154 Å². The molecule has 0 atom stereocenters. The number of nitrogens with one attached hydrogen (secondary N) is 1. The van der Waals surface area contributed by atoms with E-state index in [1.54, 1.807) is 12.1 Å². The number of methoxy groups -OCH3 is 1. The van der Waals surface area contributed by atoms with Crippen molar-refractivity contribution in [2.75, 3.05) is 26.7 Å². The molecule has 0 unspecified atom stereocenters. The molecule has 1 saturated heterocycles. The molecule has 1 fully saturated rings. The van der Waals surface area contributed by atoms with Crippen LogP contribution in [0, 0.1) is 5.92 Å². The number of benzene rings is 1. The molecule has 0 aromatic heterocycles. The molecule has 0 radical (unpaired) electrons. The van der Waals surface area contributed by atoms with Crippen molar-refractivity contribution in [3.8, 4) is 5.75 Å². The smallest absolute Gasteiger partial charge is 0.246 e. The Hall–Kier alpha value is -1.31. The van der Waals surface area contributed by atoms with Crippen LogP contribution in [0.3, 0.4) is 0 Å². The van der Waals surface area contributed by atoms with Gasteiger partial charge in [-0.05, 0) is 37.5 Å². The third kappa shape index (κ3) is 4.86. The summed E-state index contributed by atoms with van der Waals surface area (Å²) in [6.07, 6.45) is 3.01. The summed E-state index contributed by atoms with van der Waals surface area (Å²) in [4.78, 5) is 12.2. The maximum Gasteiger partial charge on any atom is 0.246 e. The fraction of sp³-hybridized carbons (Fsp3) is 0.588. The van der Waals surface area contributed by atoms with E-state index in [0.717, 1.165) is 12.8 Å². The molecule has 140 valence electrons. The van der Waals surface area contributed by atoms with Crippen LogP contribution in [0.1, 0.15) is 32.6 Å². The SMILES string of the molecule is CCCCNC(=O)C1CCN(S(=O)(=O)c2cc(Cl)ccc2OC)CC1. The van der Waals surface area contributed by atoms with Crippen LogP contribution in [0.5, 0.6) is 5.75 Å². The number of unbranched alkanes of at least 4 members (excludes halogenated alkanes) is 1. The second kappa shape index (κ2) is 8.87. The first-order valence-corrected chi connectivity index (χ1v) is 10.3. The number of ether oxygens (including phenoxy) is 1. The molecule has 1 aromatic rings. The lowest BCUT2D eigenvalue weighted by Gasteiger charge is -2.31. The van der Waals surface area contributed by atoms with E-state index in [2.05, 4.69) is 12.2 Å². The first-order valence-electron chi connectivity index (χ1n) is 8.51. The Bertz CT molecular complexity index is 701. The minimum atomic E-state index is -3.71. The molecule has 25 heavy (non-hydrogen) atoms. The van der Waals surface area contributed by atoms with Gasteiger partial charge in [0, 0.05) is 30.6 Å². The number of hydrogen-bond donors (Lipinski definition) is 1. The minimum Gasteiger partial charge on any atom is -0.495 e. The van der Waals surface area contributed by atoms with Crippen molar-refractivity contribution >= 4 is 27.5 Å². The summed E-state index contributed by atoms with van der Waals surface area (Å²) in [6.45, 7) is 3.36. The van der Waals surface area contributed by atoms with Gasteiger partial charge in [-0.15, -0.1) is 0 Å². The predicted molar refractivity (Wildman–Crippen MR) is 97.4 cm³/mol. The van der Waals surface area contributed by atoms with Gasteiger partial charge < -0.3 is 10.1 Å². The Morgan fingerprint density at radius 1 is 1.36 bits per heavy atom. The van der Waals surface area contributed by atoms with Crippen LogP contribution < -0.4 is 10.1 Å². The second-order valence-electron chi connectivity index (χ2n) is 6.12. The summed E-state index contributed by atoms with van der Waals surface area (Å²) in [6, 6.07) is 4.54. The maximum absolute atomic E-state index is 12.9. The van der Waals surface area contributed by atoms with Gasteiger partial charge in [-0.3, -0.25) is 4.79 Å². The molecule has 1 heterocycles. The number of rotatable bonds is 7. The van der Waals surface area contributed by atoms with Gasteiger partial charge in [0.25, 0.3) is 0 Å². The largest absolute Gasteiger partial charge is 0.495 e. The molecular formula is C17H25ClN2O4S. The van der Waals surface area contributed by atoms with Gasteiger partial charge in [-0.25, -0.2) is 8.42 Å². The monoisotopic (exact) mass is 388 g/mol. The van der Waals surface area contributed by atoms with E-state index in [0.29, 0.717) is 37.5 Å². The summed E-state index contributed by atoms with van der Waals surface area (Å²) in [5, 5.41) is 3.26. The molecular weight excluding hydrogens is 364 g/mol. The van der Waals surface area contributed by atoms with Crippen LogP contribution in [0.2, 0.25) is 5.02 Å². The molecule has 1 amide bonds.